The first-order valence-electron chi connectivity index (χ1n) is 8.41. The van der Waals surface area contributed by atoms with Gasteiger partial charge in [0.05, 0.1) is 12.9 Å². The van der Waals surface area contributed by atoms with Crippen molar-refractivity contribution in [2.24, 2.45) is 5.92 Å². The van der Waals surface area contributed by atoms with E-state index in [4.69, 9.17) is 4.74 Å². The number of ether oxygens (including phenoxy) is 1. The fraction of sp³-hybridized carbons (Fsp3) is 0.300. The number of thioether (sulfide) groups is 1. The molecule has 0 heterocycles. The Morgan fingerprint density at radius 2 is 1.69 bits per heavy atom. The Morgan fingerprint density at radius 1 is 1.04 bits per heavy atom. The second-order valence-corrected chi connectivity index (χ2v) is 7.13. The summed E-state index contributed by atoms with van der Waals surface area (Å²) in [6.07, 6.45) is 0. The van der Waals surface area contributed by atoms with E-state index in [-0.39, 0.29) is 17.7 Å². The number of methoxy groups -OCH3 is 1. The Labute approximate surface area is 158 Å². The van der Waals surface area contributed by atoms with Crippen molar-refractivity contribution in [3.63, 3.8) is 0 Å². The van der Waals surface area contributed by atoms with Crippen molar-refractivity contribution in [2.45, 2.75) is 25.3 Å². The Hall–Kier alpha value is -2.47. The number of nitrogens with one attached hydrogen (secondary N) is 2. The summed E-state index contributed by atoms with van der Waals surface area (Å²) >= 11 is 1.48. The highest BCUT2D eigenvalue weighted by atomic mass is 32.2. The van der Waals surface area contributed by atoms with Crippen LogP contribution >= 0.6 is 11.8 Å². The number of rotatable bonds is 8. The minimum atomic E-state index is -0.0582. The molecule has 0 saturated carbocycles. The van der Waals surface area contributed by atoms with Crippen LogP contribution in [0, 0.1) is 5.92 Å². The normalized spacial score (nSPS) is 10.5. The van der Waals surface area contributed by atoms with E-state index in [1.54, 1.807) is 7.11 Å². The molecule has 2 aromatic rings. The summed E-state index contributed by atoms with van der Waals surface area (Å²) < 4.78 is 5.11. The summed E-state index contributed by atoms with van der Waals surface area (Å²) in [7, 11) is 1.63. The van der Waals surface area contributed by atoms with Gasteiger partial charge in [0, 0.05) is 23.0 Å². The monoisotopic (exact) mass is 372 g/mol. The van der Waals surface area contributed by atoms with E-state index >= 15 is 0 Å². The summed E-state index contributed by atoms with van der Waals surface area (Å²) in [5.74, 6) is 1.06. The average Bonchev–Trinajstić information content (AvgIpc) is 2.66. The van der Waals surface area contributed by atoms with Gasteiger partial charge in [0.1, 0.15) is 5.75 Å². The molecule has 0 aliphatic rings. The molecule has 138 valence electrons. The van der Waals surface area contributed by atoms with E-state index in [1.807, 2.05) is 62.4 Å². The van der Waals surface area contributed by atoms with Crippen LogP contribution in [-0.4, -0.2) is 24.7 Å². The van der Waals surface area contributed by atoms with Gasteiger partial charge in [0.2, 0.25) is 11.8 Å². The fourth-order valence-electron chi connectivity index (χ4n) is 2.07. The molecule has 0 radical (unpaired) electrons. The van der Waals surface area contributed by atoms with Crippen molar-refractivity contribution in [3.05, 3.63) is 54.1 Å². The molecule has 2 aromatic carbocycles. The van der Waals surface area contributed by atoms with Gasteiger partial charge < -0.3 is 15.4 Å². The van der Waals surface area contributed by atoms with Crippen molar-refractivity contribution < 1.29 is 14.3 Å². The number of amides is 2. The van der Waals surface area contributed by atoms with E-state index in [1.165, 1.54) is 11.8 Å². The van der Waals surface area contributed by atoms with Gasteiger partial charge in [-0.05, 0) is 42.0 Å². The molecule has 0 saturated heterocycles. The molecule has 2 N–H and O–H groups in total. The van der Waals surface area contributed by atoms with Crippen LogP contribution in [-0.2, 0) is 16.1 Å². The van der Waals surface area contributed by atoms with Crippen LogP contribution in [0.5, 0.6) is 5.75 Å². The maximum absolute atomic E-state index is 12.0. The topological polar surface area (TPSA) is 67.4 Å². The summed E-state index contributed by atoms with van der Waals surface area (Å²) in [5, 5.41) is 5.74. The van der Waals surface area contributed by atoms with Gasteiger partial charge in [-0.3, -0.25) is 9.59 Å². The predicted molar refractivity (Wildman–Crippen MR) is 105 cm³/mol. The largest absolute Gasteiger partial charge is 0.497 e. The molecule has 2 amide bonds. The summed E-state index contributed by atoms with van der Waals surface area (Å²) in [4.78, 5) is 24.7. The molecule has 6 heteroatoms. The lowest BCUT2D eigenvalue weighted by Gasteiger charge is -2.09. The van der Waals surface area contributed by atoms with E-state index in [0.717, 1.165) is 21.9 Å². The molecule has 0 aliphatic carbocycles. The van der Waals surface area contributed by atoms with Gasteiger partial charge in [-0.15, -0.1) is 11.8 Å². The van der Waals surface area contributed by atoms with Crippen LogP contribution in [0.4, 0.5) is 5.69 Å². The minimum Gasteiger partial charge on any atom is -0.497 e. The molecule has 5 nitrogen and oxygen atoms in total. The second-order valence-electron chi connectivity index (χ2n) is 6.08. The van der Waals surface area contributed by atoms with Crippen molar-refractivity contribution >= 4 is 29.3 Å². The van der Waals surface area contributed by atoms with Crippen molar-refractivity contribution in [3.8, 4) is 5.75 Å². The maximum Gasteiger partial charge on any atom is 0.230 e. The highest BCUT2D eigenvalue weighted by Gasteiger charge is 2.07. The highest BCUT2D eigenvalue weighted by Crippen LogP contribution is 2.21. The number of benzene rings is 2. The van der Waals surface area contributed by atoms with Crippen LogP contribution < -0.4 is 15.4 Å². The molecule has 0 aromatic heterocycles. The van der Waals surface area contributed by atoms with E-state index in [2.05, 4.69) is 10.6 Å². The lowest BCUT2D eigenvalue weighted by Crippen LogP contribution is -2.24. The molecule has 0 bridgehead atoms. The van der Waals surface area contributed by atoms with Crippen LogP contribution in [0.15, 0.2) is 53.4 Å². The van der Waals surface area contributed by atoms with Gasteiger partial charge in [-0.2, -0.15) is 0 Å². The number of hydrogen-bond acceptors (Lipinski definition) is 4. The first kappa shape index (κ1) is 19.8. The minimum absolute atomic E-state index is 0.0124. The van der Waals surface area contributed by atoms with Gasteiger partial charge in [-0.25, -0.2) is 0 Å². The first-order chi connectivity index (χ1) is 12.5. The quantitative estimate of drug-likeness (QED) is 0.694. The van der Waals surface area contributed by atoms with Gasteiger partial charge in [0.15, 0.2) is 0 Å². The zero-order chi connectivity index (χ0) is 18.9. The van der Waals surface area contributed by atoms with Crippen LogP contribution in [0.1, 0.15) is 19.4 Å². The molecule has 26 heavy (non-hydrogen) atoms. The third kappa shape index (κ3) is 6.44. The summed E-state index contributed by atoms with van der Waals surface area (Å²) in [6, 6.07) is 15.1. The molecular formula is C20H24N2O3S. The smallest absolute Gasteiger partial charge is 0.230 e. The Kier molecular flexibility index (Phi) is 7.53. The van der Waals surface area contributed by atoms with E-state index in [9.17, 15) is 9.59 Å². The lowest BCUT2D eigenvalue weighted by atomic mass is 10.1. The van der Waals surface area contributed by atoms with Crippen molar-refractivity contribution in [1.82, 2.24) is 5.32 Å². The fourth-order valence-corrected chi connectivity index (χ4v) is 2.79. The van der Waals surface area contributed by atoms with Gasteiger partial charge in [-0.1, -0.05) is 26.0 Å². The SMILES string of the molecule is COc1ccc(SCC(=O)NCc2ccc(NC(=O)C(C)C)cc2)cc1. The van der Waals surface area contributed by atoms with Crippen LogP contribution in [0.25, 0.3) is 0 Å². The first-order valence-corrected chi connectivity index (χ1v) is 9.40. The molecule has 2 rings (SSSR count). The number of anilines is 1. The van der Waals surface area contributed by atoms with Crippen LogP contribution in [0.2, 0.25) is 0 Å². The zero-order valence-corrected chi connectivity index (χ0v) is 16.1. The third-order valence-corrected chi connectivity index (χ3v) is 4.68. The molecular weight excluding hydrogens is 348 g/mol. The highest BCUT2D eigenvalue weighted by molar-refractivity contribution is 8.00. The average molecular weight is 372 g/mol. The number of carbonyl (C=O) groups is 2. The maximum atomic E-state index is 12.0. The molecule has 0 atom stereocenters. The van der Waals surface area contributed by atoms with Crippen molar-refractivity contribution in [2.75, 3.05) is 18.2 Å². The lowest BCUT2D eigenvalue weighted by molar-refractivity contribution is -0.119. The van der Waals surface area contributed by atoms with E-state index < -0.39 is 0 Å². The Bertz CT molecular complexity index is 728. The van der Waals surface area contributed by atoms with Crippen molar-refractivity contribution in [1.29, 1.82) is 0 Å². The van der Waals surface area contributed by atoms with Crippen LogP contribution in [0.3, 0.4) is 0 Å². The molecule has 0 aliphatic heterocycles. The second kappa shape index (κ2) is 9.87. The number of carbonyl (C=O) groups excluding carboxylic acids is 2. The van der Waals surface area contributed by atoms with Gasteiger partial charge in [0.25, 0.3) is 0 Å². The predicted octanol–water partition coefficient (Wildman–Crippen LogP) is 3.70. The molecule has 0 fully saturated rings. The Morgan fingerprint density at radius 3 is 2.27 bits per heavy atom. The van der Waals surface area contributed by atoms with E-state index in [0.29, 0.717) is 12.3 Å². The standard InChI is InChI=1S/C20H24N2O3S/c1-14(2)20(24)22-16-6-4-15(5-7-16)12-21-19(23)13-26-18-10-8-17(25-3)9-11-18/h4-11,14H,12-13H2,1-3H3,(H,21,23)(H,22,24). The van der Waals surface area contributed by atoms with Gasteiger partial charge >= 0.3 is 0 Å². The molecule has 0 unspecified atom stereocenters. The summed E-state index contributed by atoms with van der Waals surface area (Å²) in [6.45, 7) is 4.16. The third-order valence-electron chi connectivity index (χ3n) is 3.66. The number of hydrogen-bond donors (Lipinski definition) is 2. The molecule has 0 spiro atoms. The Balaban J connectivity index is 1.75. The summed E-state index contributed by atoms with van der Waals surface area (Å²) in [5.41, 5.74) is 1.74. The zero-order valence-electron chi connectivity index (χ0n) is 15.2.